The van der Waals surface area contributed by atoms with E-state index in [2.05, 4.69) is 62.3 Å². The lowest BCUT2D eigenvalue weighted by atomic mass is 10.2. The standard InChI is InChI=1S/C12H27P.H3P/c1-10(2,3)13(11(4,5)6)12(7,8)9;/h1-9H3;1H3. The Bertz CT molecular complexity index is 131. The van der Waals surface area contributed by atoms with Crippen molar-refractivity contribution in [1.82, 2.24) is 0 Å². The van der Waals surface area contributed by atoms with E-state index in [-0.39, 0.29) is 17.8 Å². The van der Waals surface area contributed by atoms with Gasteiger partial charge >= 0.3 is 0 Å². The molecule has 0 aromatic carbocycles. The Kier molecular flexibility index (Phi) is 5.91. The minimum Gasteiger partial charge on any atom is -0.153 e. The zero-order chi connectivity index (χ0) is 11.1. The molecule has 0 bridgehead atoms. The van der Waals surface area contributed by atoms with Gasteiger partial charge in [-0.25, -0.2) is 0 Å². The second-order valence-corrected chi connectivity index (χ2v) is 11.5. The normalized spacial score (nSPS) is 14.1. The molecule has 0 aromatic rings. The first-order valence-electron chi connectivity index (χ1n) is 5.17. The molecule has 0 radical (unpaired) electrons. The average molecular weight is 236 g/mol. The van der Waals surface area contributed by atoms with E-state index in [1.54, 1.807) is 0 Å². The molecule has 0 rings (SSSR count). The van der Waals surface area contributed by atoms with Crippen LogP contribution in [0.15, 0.2) is 0 Å². The lowest BCUT2D eigenvalue weighted by molar-refractivity contribution is 0.644. The van der Waals surface area contributed by atoms with Crippen molar-refractivity contribution in [2.24, 2.45) is 0 Å². The van der Waals surface area contributed by atoms with Gasteiger partial charge < -0.3 is 0 Å². The van der Waals surface area contributed by atoms with Crippen LogP contribution in [0, 0.1) is 0 Å². The van der Waals surface area contributed by atoms with Gasteiger partial charge in [0, 0.05) is 0 Å². The van der Waals surface area contributed by atoms with Gasteiger partial charge in [-0.05, 0) is 15.5 Å². The maximum atomic E-state index is 2.38. The smallest absolute Gasteiger partial charge is 0.0170 e. The summed E-state index contributed by atoms with van der Waals surface area (Å²) >= 11 is 0. The molecule has 0 heterocycles. The summed E-state index contributed by atoms with van der Waals surface area (Å²) in [6, 6.07) is 0. The molecule has 1 unspecified atom stereocenters. The zero-order valence-corrected chi connectivity index (χ0v) is 14.0. The second-order valence-electron chi connectivity index (χ2n) is 6.85. The molecule has 14 heavy (non-hydrogen) atoms. The first kappa shape index (κ1) is 17.3. The highest BCUT2D eigenvalue weighted by Gasteiger charge is 2.41. The molecule has 0 fully saturated rings. The van der Waals surface area contributed by atoms with Gasteiger partial charge in [0.1, 0.15) is 0 Å². The number of hydrogen-bond acceptors (Lipinski definition) is 0. The molecule has 0 amide bonds. The maximum Gasteiger partial charge on any atom is -0.0170 e. The summed E-state index contributed by atoms with van der Waals surface area (Å²) in [5, 5.41) is 1.35. The van der Waals surface area contributed by atoms with E-state index in [0.717, 1.165) is 0 Å². The van der Waals surface area contributed by atoms with Crippen LogP contribution in [-0.4, -0.2) is 15.5 Å². The van der Waals surface area contributed by atoms with Crippen LogP contribution in [0.1, 0.15) is 62.3 Å². The van der Waals surface area contributed by atoms with Crippen molar-refractivity contribution in [3.63, 3.8) is 0 Å². The molecule has 0 aliphatic rings. The molecule has 0 nitrogen and oxygen atoms in total. The topological polar surface area (TPSA) is 0 Å². The maximum absolute atomic E-state index is 2.38. The Morgan fingerprint density at radius 1 is 0.500 bits per heavy atom. The Balaban J connectivity index is 0. The van der Waals surface area contributed by atoms with Gasteiger partial charge in [-0.1, -0.05) is 70.2 Å². The molecule has 0 saturated carbocycles. The molecule has 88 valence electrons. The number of hydrogen-bond donors (Lipinski definition) is 0. The molecular weight excluding hydrogens is 206 g/mol. The highest BCUT2D eigenvalue weighted by molar-refractivity contribution is 7.62. The summed E-state index contributed by atoms with van der Waals surface area (Å²) in [7, 11) is 0.0162. The van der Waals surface area contributed by atoms with Gasteiger partial charge in [0.2, 0.25) is 0 Å². The SMILES string of the molecule is CC(C)(C)P(C(C)(C)C)C(C)(C)C.P. The molecule has 0 aromatic heterocycles. The van der Waals surface area contributed by atoms with Crippen molar-refractivity contribution >= 4 is 17.8 Å². The molecule has 2 heteroatoms. The van der Waals surface area contributed by atoms with Crippen LogP contribution < -0.4 is 0 Å². The largest absolute Gasteiger partial charge is 0.153 e. The fourth-order valence-electron chi connectivity index (χ4n) is 3.02. The van der Waals surface area contributed by atoms with Crippen LogP contribution in [-0.2, 0) is 0 Å². The Hall–Kier alpha value is 0.860. The predicted molar refractivity (Wildman–Crippen MR) is 77.3 cm³/mol. The monoisotopic (exact) mass is 236 g/mol. The van der Waals surface area contributed by atoms with E-state index in [1.807, 2.05) is 0 Å². The van der Waals surface area contributed by atoms with Crippen LogP contribution in [0.4, 0.5) is 0 Å². The van der Waals surface area contributed by atoms with Gasteiger partial charge in [-0.3, -0.25) is 0 Å². The van der Waals surface area contributed by atoms with Gasteiger partial charge in [0.05, 0.1) is 0 Å². The summed E-state index contributed by atoms with van der Waals surface area (Å²) in [6.07, 6.45) is 0. The van der Waals surface area contributed by atoms with Crippen molar-refractivity contribution < 1.29 is 0 Å². The summed E-state index contributed by atoms with van der Waals surface area (Å²) in [5.74, 6) is 0. The molecule has 1 atom stereocenters. The van der Waals surface area contributed by atoms with Crippen molar-refractivity contribution in [2.45, 2.75) is 77.8 Å². The Morgan fingerprint density at radius 3 is 0.643 bits per heavy atom. The predicted octanol–water partition coefficient (Wildman–Crippen LogP) is 4.92. The van der Waals surface area contributed by atoms with E-state index in [0.29, 0.717) is 15.5 Å². The first-order valence-corrected chi connectivity index (χ1v) is 6.51. The highest BCUT2D eigenvalue weighted by atomic mass is 31.1. The average Bonchev–Trinajstić information content (AvgIpc) is 1.44. The summed E-state index contributed by atoms with van der Waals surface area (Å²) in [4.78, 5) is 0. The van der Waals surface area contributed by atoms with E-state index < -0.39 is 0 Å². The molecule has 0 spiro atoms. The second kappa shape index (κ2) is 4.80. The van der Waals surface area contributed by atoms with Crippen molar-refractivity contribution in [1.29, 1.82) is 0 Å². The fraction of sp³-hybridized carbons (Fsp3) is 1.00. The third-order valence-electron chi connectivity index (χ3n) is 2.01. The lowest BCUT2D eigenvalue weighted by Gasteiger charge is -2.49. The molecule has 0 aliphatic carbocycles. The van der Waals surface area contributed by atoms with Crippen molar-refractivity contribution in [3.05, 3.63) is 0 Å². The van der Waals surface area contributed by atoms with Crippen molar-refractivity contribution in [2.75, 3.05) is 0 Å². The Labute approximate surface area is 96.0 Å². The fourth-order valence-corrected chi connectivity index (χ4v) is 9.06. The third kappa shape index (κ3) is 5.09. The molecule has 0 N–H and O–H groups in total. The van der Waals surface area contributed by atoms with Gasteiger partial charge in [-0.2, -0.15) is 9.90 Å². The van der Waals surface area contributed by atoms with Gasteiger partial charge in [0.15, 0.2) is 0 Å². The quantitative estimate of drug-likeness (QED) is 0.523. The minimum atomic E-state index is 0. The summed E-state index contributed by atoms with van der Waals surface area (Å²) in [6.45, 7) is 21.5. The number of rotatable bonds is 0. The van der Waals surface area contributed by atoms with Gasteiger partial charge in [0.25, 0.3) is 0 Å². The lowest BCUT2D eigenvalue weighted by Crippen LogP contribution is -2.34. The molecule has 0 aliphatic heterocycles. The Morgan fingerprint density at radius 2 is 0.643 bits per heavy atom. The zero-order valence-electron chi connectivity index (χ0n) is 11.7. The van der Waals surface area contributed by atoms with E-state index in [4.69, 9.17) is 0 Å². The summed E-state index contributed by atoms with van der Waals surface area (Å²) in [5.41, 5.74) is 0. The minimum absolute atomic E-state index is 0. The van der Waals surface area contributed by atoms with E-state index >= 15 is 0 Å². The summed E-state index contributed by atoms with van der Waals surface area (Å²) < 4.78 is 0. The van der Waals surface area contributed by atoms with Crippen LogP contribution in [0.3, 0.4) is 0 Å². The van der Waals surface area contributed by atoms with Gasteiger partial charge in [-0.15, -0.1) is 0 Å². The van der Waals surface area contributed by atoms with E-state index in [9.17, 15) is 0 Å². The van der Waals surface area contributed by atoms with Crippen molar-refractivity contribution in [3.8, 4) is 0 Å². The van der Waals surface area contributed by atoms with E-state index in [1.165, 1.54) is 0 Å². The first-order chi connectivity index (χ1) is 5.37. The van der Waals surface area contributed by atoms with Crippen LogP contribution in [0.2, 0.25) is 0 Å². The van der Waals surface area contributed by atoms with Crippen LogP contribution in [0.25, 0.3) is 0 Å². The third-order valence-corrected chi connectivity index (χ3v) is 6.04. The highest BCUT2D eigenvalue weighted by Crippen LogP contribution is 2.66. The van der Waals surface area contributed by atoms with Crippen LogP contribution in [0.5, 0.6) is 0 Å². The molecular formula is C12H30P2. The molecule has 0 saturated heterocycles. The van der Waals surface area contributed by atoms with Crippen LogP contribution >= 0.6 is 17.8 Å².